The van der Waals surface area contributed by atoms with E-state index in [0.717, 1.165) is 76.8 Å². The number of hydrogen-bond acceptors (Lipinski definition) is 25. The molecule has 0 saturated carbocycles. The van der Waals surface area contributed by atoms with Crippen LogP contribution in [0, 0.1) is 77.1 Å². The summed E-state index contributed by atoms with van der Waals surface area (Å²) in [7, 11) is -9.89. The Bertz CT molecular complexity index is 4590. The average Bonchev–Trinajstić information content (AvgIpc) is 1.45. The van der Waals surface area contributed by atoms with E-state index in [1.807, 2.05) is 117 Å². The van der Waals surface area contributed by atoms with Crippen LogP contribution < -0.4 is 37.3 Å². The number of amides is 4. The van der Waals surface area contributed by atoms with Gasteiger partial charge in [0.2, 0.25) is 0 Å². The molecule has 2 fully saturated rings. The molecule has 8 aromatic heterocycles. The molecule has 0 bridgehead atoms. The number of hydrogen-bond donors (Lipinski definition) is 0. The summed E-state index contributed by atoms with van der Waals surface area (Å²) in [6, 6.07) is 55.6. The van der Waals surface area contributed by atoms with Gasteiger partial charge < -0.3 is 0 Å². The van der Waals surface area contributed by atoms with Gasteiger partial charge in [0.05, 0.1) is 135 Å². The van der Waals surface area contributed by atoms with E-state index in [9.17, 15) is 0 Å². The number of para-hydroxylation sites is 4. The second kappa shape index (κ2) is 33.6. The summed E-state index contributed by atoms with van der Waals surface area (Å²) < 4.78 is 67.9. The molecule has 502 valence electrons. The fourth-order valence-corrected chi connectivity index (χ4v) is 11.9. The van der Waals surface area contributed by atoms with Gasteiger partial charge >= 0.3 is 31.5 Å². The van der Waals surface area contributed by atoms with E-state index in [1.54, 1.807) is 67.5 Å². The van der Waals surface area contributed by atoms with E-state index < -0.39 is 31.8 Å². The van der Waals surface area contributed by atoms with Gasteiger partial charge in [-0.1, -0.05) is 84.9 Å². The smallest absolute Gasteiger partial charge is 0.287 e. The largest absolute Gasteiger partial charge is 2.00 e. The van der Waals surface area contributed by atoms with E-state index >= 15 is 9.59 Å². The van der Waals surface area contributed by atoms with Gasteiger partial charge in [-0.15, -0.1) is 20.5 Å². The number of aromatic nitrogens is 10. The summed E-state index contributed by atoms with van der Waals surface area (Å²) in [5.41, 5.74) is 9.66. The molecule has 29 nitrogen and oxygen atoms in total. The second-order valence-electron chi connectivity index (χ2n) is 20.6. The zero-order valence-corrected chi connectivity index (χ0v) is 56.6. The number of urea groups is 2. The van der Waals surface area contributed by atoms with Crippen LogP contribution >= 0.6 is 0 Å². The monoisotopic (exact) mass is 1470 g/mol. The molecule has 0 radical (unpaired) electrons. The van der Waals surface area contributed by atoms with Crippen molar-refractivity contribution in [2.24, 2.45) is 0 Å². The molecule has 12 aromatic rings. The van der Waals surface area contributed by atoms with E-state index in [2.05, 4.69) is 68.5 Å². The fourth-order valence-electron chi connectivity index (χ4n) is 11.9. The zero-order valence-electron chi connectivity index (χ0n) is 53.3. The Labute approximate surface area is 587 Å². The first-order valence-electron chi connectivity index (χ1n) is 29.1. The molecule has 4 amide bonds. The molecule has 100 heavy (non-hydrogen) atoms. The maximum atomic E-state index is 15.2. The Hall–Kier alpha value is -11.6. The number of nitrogens with zero attached hydrogens (tertiary/aromatic N) is 19. The molecule has 5 aliphatic rings. The van der Waals surface area contributed by atoms with Crippen molar-refractivity contribution < 1.29 is 86.8 Å². The van der Waals surface area contributed by atoms with Crippen molar-refractivity contribution in [2.75, 3.05) is 0 Å². The molecule has 0 unspecified atom stereocenters. The predicted molar refractivity (Wildman–Crippen MR) is 333 cm³/mol. The van der Waals surface area contributed by atoms with Crippen LogP contribution in [-0.2, 0) is 57.0 Å². The SMILES string of the molecule is CC#N.CC#N.CC#N.CC#N.CC#N.O=C1N2Cc3nc4ccccc4nc3CN3C(=O)N4Cc5nc6ccccc6nc5CN1C41c4cccnc4-c4ncccc4C231.[O-][Cl+3]([O-])([O-])[O-].[O-][Cl+3]([O-])([O-])[O-].[Ru+2].c1cnc2c(c1)ccc1cccnc12.c1cnc2c(c1)ccc1cccnc12. The van der Waals surface area contributed by atoms with E-state index in [-0.39, 0.29) is 57.7 Å². The van der Waals surface area contributed by atoms with Gasteiger partial charge in [0.15, 0.2) is 11.3 Å². The number of halogens is 2. The molecule has 4 aliphatic heterocycles. The molecular formula is C68H53Cl2N19O10Ru. The van der Waals surface area contributed by atoms with Crippen LogP contribution in [0.25, 0.3) is 77.1 Å². The van der Waals surface area contributed by atoms with Crippen molar-refractivity contribution in [3.63, 3.8) is 0 Å². The van der Waals surface area contributed by atoms with Crippen molar-refractivity contribution >= 4 is 77.7 Å². The van der Waals surface area contributed by atoms with Crippen LogP contribution in [0.4, 0.5) is 9.59 Å². The predicted octanol–water partition coefficient (Wildman–Crippen LogP) is 2.95. The van der Waals surface area contributed by atoms with Crippen molar-refractivity contribution in [3.05, 3.63) is 217 Å². The first-order chi connectivity index (χ1) is 47.6. The van der Waals surface area contributed by atoms with Crippen LogP contribution in [0.1, 0.15) is 68.5 Å². The van der Waals surface area contributed by atoms with E-state index in [0.29, 0.717) is 34.2 Å². The molecule has 1 aliphatic carbocycles. The summed E-state index contributed by atoms with van der Waals surface area (Å²) in [4.78, 5) is 84.8. The van der Waals surface area contributed by atoms with Gasteiger partial charge in [0, 0.05) is 104 Å². The summed E-state index contributed by atoms with van der Waals surface area (Å²) in [6.45, 7) is 7.77. The van der Waals surface area contributed by atoms with Crippen LogP contribution in [-0.4, -0.2) is 81.5 Å². The van der Waals surface area contributed by atoms with Gasteiger partial charge in [-0.3, -0.25) is 49.5 Å². The quantitative estimate of drug-likeness (QED) is 0.155. The third-order valence-corrected chi connectivity index (χ3v) is 14.9. The fraction of sp³-hybridized carbons (Fsp3) is 0.162. The van der Waals surface area contributed by atoms with E-state index in [4.69, 9.17) is 93.5 Å². The number of fused-ring (bicyclic) bond motifs is 13. The Balaban J connectivity index is 0.000000212. The molecule has 2 spiro atoms. The summed E-state index contributed by atoms with van der Waals surface area (Å²) >= 11 is 0. The Morgan fingerprint density at radius 1 is 0.340 bits per heavy atom. The van der Waals surface area contributed by atoms with Gasteiger partial charge in [-0.25, -0.2) is 66.8 Å². The van der Waals surface area contributed by atoms with Gasteiger partial charge in [0.1, 0.15) is 0 Å². The third kappa shape index (κ3) is 15.8. The number of benzene rings is 4. The summed E-state index contributed by atoms with van der Waals surface area (Å²) in [5, 5.41) is 41.1. The Morgan fingerprint density at radius 2 is 0.540 bits per heavy atom. The molecule has 0 atom stereocenters. The number of pyridine rings is 6. The van der Waals surface area contributed by atoms with Crippen LogP contribution in [0.5, 0.6) is 0 Å². The van der Waals surface area contributed by atoms with Crippen molar-refractivity contribution in [2.45, 2.75) is 72.1 Å². The minimum Gasteiger partial charge on any atom is -0.287 e. The van der Waals surface area contributed by atoms with Gasteiger partial charge in [0.25, 0.3) is 0 Å². The molecular weight excluding hydrogens is 1410 g/mol. The molecule has 2 saturated heterocycles. The topological polar surface area (TPSA) is 479 Å². The number of nitriles is 5. The Kier molecular flexibility index (Phi) is 25.4. The average molecular weight is 1470 g/mol. The van der Waals surface area contributed by atoms with Crippen molar-refractivity contribution in [1.82, 2.24) is 69.4 Å². The zero-order chi connectivity index (χ0) is 71.7. The standard InChI is InChI=1S/C34H22N10O2.2C12H8N2.5C2H3N.2ClHO4.Ru/c45-31-41-15-25-26(38-22-10-2-1-9-21(22)37-25)16-42-32(46)44-18-28-27(39-23-11-3-4-12-24(23)40-28)17-43(31)34(44)20-8-6-14-36-30(20)29-19(33(34,41)42)7-5-13-35-29;2*1-3-9-5-6-10-4-2-8-14-12(10)11(9)13-7-1;5*1-2-3;2*2-1(3,4)5;/h1-14H,15-18H2;2*1-8H;5*1H3;2*(H,2,3,4,5);/q;;;;;;;;;;+2/p-2. The molecule has 4 aromatic carbocycles. The molecule has 32 heteroatoms. The maximum absolute atomic E-state index is 15.2. The normalized spacial score (nSPS) is 15.4. The minimum atomic E-state index is -4.94. The molecule has 17 rings (SSSR count). The number of carbonyl (C=O) groups excluding carboxylic acids is 2. The molecule has 0 N–H and O–H groups in total. The van der Waals surface area contributed by atoms with E-state index in [1.165, 1.54) is 34.6 Å². The Morgan fingerprint density at radius 3 is 0.760 bits per heavy atom. The first kappa shape index (κ1) is 75.7. The van der Waals surface area contributed by atoms with Crippen molar-refractivity contribution in [3.8, 4) is 41.7 Å². The maximum Gasteiger partial charge on any atom is 2.00 e. The summed E-state index contributed by atoms with van der Waals surface area (Å²) in [6.07, 6.45) is 10.7. The van der Waals surface area contributed by atoms with Crippen LogP contribution in [0.3, 0.4) is 0 Å². The minimum absolute atomic E-state index is 0. The van der Waals surface area contributed by atoms with Crippen LogP contribution in [0.2, 0.25) is 0 Å². The summed E-state index contributed by atoms with van der Waals surface area (Å²) in [5.74, 6) is 0. The number of carbonyl (C=O) groups is 2. The van der Waals surface area contributed by atoms with Gasteiger partial charge in [-0.2, -0.15) is 26.3 Å². The first-order valence-corrected chi connectivity index (χ1v) is 31.6. The number of rotatable bonds is 0. The van der Waals surface area contributed by atoms with Crippen molar-refractivity contribution in [1.29, 1.82) is 26.3 Å². The third-order valence-electron chi connectivity index (χ3n) is 14.9. The van der Waals surface area contributed by atoms with Gasteiger partial charge in [-0.05, 0) is 60.7 Å². The second-order valence-corrected chi connectivity index (χ2v) is 22.1. The molecule has 12 heterocycles. The van der Waals surface area contributed by atoms with Crippen LogP contribution in [0.15, 0.2) is 183 Å².